The molecule has 0 saturated carbocycles. The third-order valence-electron chi connectivity index (χ3n) is 5.35. The molecule has 30 heavy (non-hydrogen) atoms. The zero-order valence-corrected chi connectivity index (χ0v) is 17.4. The molecule has 158 valence electrons. The first-order valence-corrected chi connectivity index (χ1v) is 10.3. The molecule has 0 aliphatic carbocycles. The normalized spacial score (nSPS) is 17.1. The zero-order chi connectivity index (χ0) is 21.3. The number of halogens is 2. The third-order valence-corrected chi connectivity index (χ3v) is 5.66. The fourth-order valence-corrected chi connectivity index (χ4v) is 4.01. The number of nitrogens with one attached hydrogen (secondary N) is 1. The number of carbonyl (C=O) groups is 2. The van der Waals surface area contributed by atoms with Crippen molar-refractivity contribution in [2.75, 3.05) is 31.5 Å². The Morgan fingerprint density at radius 2 is 2.13 bits per heavy atom. The van der Waals surface area contributed by atoms with E-state index in [1.54, 1.807) is 15.5 Å². The number of anilines is 1. The summed E-state index contributed by atoms with van der Waals surface area (Å²) in [6, 6.07) is 3.78. The number of hydrogen-bond donors (Lipinski definition) is 1. The summed E-state index contributed by atoms with van der Waals surface area (Å²) in [6.07, 6.45) is 5.00. The number of aromatic nitrogens is 2. The minimum Gasteiger partial charge on any atom is -0.330 e. The van der Waals surface area contributed by atoms with Crippen LogP contribution in [0.15, 0.2) is 36.5 Å². The van der Waals surface area contributed by atoms with Gasteiger partial charge in [0.15, 0.2) is 0 Å². The number of imidazole rings is 1. The second-order valence-corrected chi connectivity index (χ2v) is 8.18. The molecule has 0 unspecified atom stereocenters. The summed E-state index contributed by atoms with van der Waals surface area (Å²) in [7, 11) is 0. The van der Waals surface area contributed by atoms with Gasteiger partial charge in [-0.05, 0) is 24.1 Å². The highest BCUT2D eigenvalue weighted by molar-refractivity contribution is 6.33. The summed E-state index contributed by atoms with van der Waals surface area (Å²) >= 11 is 5.98. The maximum atomic E-state index is 13.2. The van der Waals surface area contributed by atoms with Crippen molar-refractivity contribution < 1.29 is 14.0 Å². The Balaban J connectivity index is 1.37. The smallest absolute Gasteiger partial charge is 0.273 e. The molecular weight excluding hydrogens is 409 g/mol. The Morgan fingerprint density at radius 3 is 2.87 bits per heavy atom. The Bertz CT molecular complexity index is 999. The minimum atomic E-state index is -0.474. The monoisotopic (exact) mass is 431 g/mol. The molecule has 2 aromatic rings. The molecule has 0 atom stereocenters. The van der Waals surface area contributed by atoms with E-state index in [2.05, 4.69) is 22.1 Å². The van der Waals surface area contributed by atoms with Crippen LogP contribution in [0.4, 0.5) is 10.1 Å². The quantitative estimate of drug-likeness (QED) is 0.739. The Hall–Kier alpha value is -2.71. The van der Waals surface area contributed by atoms with Crippen LogP contribution in [0.25, 0.3) is 0 Å². The topological polar surface area (TPSA) is 70.5 Å². The average molecular weight is 432 g/mol. The number of likely N-dealkylation sites (tertiary alicyclic amines) is 1. The number of benzene rings is 1. The lowest BCUT2D eigenvalue weighted by atomic mass is 10.0. The number of amides is 2. The van der Waals surface area contributed by atoms with Gasteiger partial charge in [-0.25, -0.2) is 9.37 Å². The van der Waals surface area contributed by atoms with E-state index in [-0.39, 0.29) is 16.8 Å². The largest absolute Gasteiger partial charge is 0.330 e. The van der Waals surface area contributed by atoms with Crippen LogP contribution in [0, 0.1) is 11.7 Å². The van der Waals surface area contributed by atoms with Crippen molar-refractivity contribution in [3.05, 3.63) is 58.9 Å². The molecule has 0 bridgehead atoms. The van der Waals surface area contributed by atoms with Crippen LogP contribution < -0.4 is 5.32 Å². The van der Waals surface area contributed by atoms with Gasteiger partial charge < -0.3 is 14.8 Å². The van der Waals surface area contributed by atoms with E-state index in [1.165, 1.54) is 18.3 Å². The van der Waals surface area contributed by atoms with Crippen molar-refractivity contribution in [2.45, 2.75) is 20.0 Å². The maximum Gasteiger partial charge on any atom is 0.273 e. The van der Waals surface area contributed by atoms with E-state index in [9.17, 15) is 14.0 Å². The maximum absolute atomic E-state index is 13.2. The fraction of sp³-hybridized carbons (Fsp3) is 0.381. The second-order valence-electron chi connectivity index (χ2n) is 7.78. The van der Waals surface area contributed by atoms with Crippen LogP contribution in [-0.2, 0) is 17.9 Å². The Morgan fingerprint density at radius 1 is 1.33 bits per heavy atom. The van der Waals surface area contributed by atoms with Crippen molar-refractivity contribution in [1.29, 1.82) is 0 Å². The van der Waals surface area contributed by atoms with Gasteiger partial charge in [-0.1, -0.05) is 24.6 Å². The molecule has 9 heteroatoms. The summed E-state index contributed by atoms with van der Waals surface area (Å²) in [5, 5.41) is 2.80. The Kier molecular flexibility index (Phi) is 5.87. The molecule has 2 amide bonds. The van der Waals surface area contributed by atoms with E-state index in [1.807, 2.05) is 6.08 Å². The predicted octanol–water partition coefficient (Wildman–Crippen LogP) is 2.78. The molecule has 1 fully saturated rings. The molecule has 1 aromatic heterocycles. The van der Waals surface area contributed by atoms with E-state index in [4.69, 9.17) is 11.6 Å². The first-order valence-electron chi connectivity index (χ1n) is 9.89. The van der Waals surface area contributed by atoms with Crippen molar-refractivity contribution in [2.24, 2.45) is 5.92 Å². The molecule has 0 spiro atoms. The first kappa shape index (κ1) is 20.6. The van der Waals surface area contributed by atoms with Crippen LogP contribution in [0.5, 0.6) is 0 Å². The van der Waals surface area contributed by atoms with Crippen molar-refractivity contribution in [3.8, 4) is 0 Å². The summed E-state index contributed by atoms with van der Waals surface area (Å²) in [5.74, 6) is 0.473. The van der Waals surface area contributed by atoms with E-state index in [0.717, 1.165) is 31.6 Å². The van der Waals surface area contributed by atoms with Gasteiger partial charge in [0.05, 0.1) is 23.5 Å². The van der Waals surface area contributed by atoms with Gasteiger partial charge in [-0.15, -0.1) is 0 Å². The summed E-state index contributed by atoms with van der Waals surface area (Å²) in [4.78, 5) is 33.4. The number of fused-ring (bicyclic) bond motifs is 1. The predicted molar refractivity (Wildman–Crippen MR) is 112 cm³/mol. The third kappa shape index (κ3) is 4.39. The van der Waals surface area contributed by atoms with Gasteiger partial charge in [0.1, 0.15) is 17.3 Å². The molecule has 7 nitrogen and oxygen atoms in total. The Labute approximate surface area is 179 Å². The van der Waals surface area contributed by atoms with Crippen LogP contribution in [0.2, 0.25) is 5.02 Å². The lowest BCUT2D eigenvalue weighted by Gasteiger charge is -2.36. The summed E-state index contributed by atoms with van der Waals surface area (Å²) in [6.45, 7) is 6.46. The highest BCUT2D eigenvalue weighted by atomic mass is 35.5. The van der Waals surface area contributed by atoms with Crippen molar-refractivity contribution in [3.63, 3.8) is 0 Å². The van der Waals surface area contributed by atoms with Crippen LogP contribution in [-0.4, -0.2) is 57.3 Å². The molecule has 1 saturated heterocycles. The molecule has 1 N–H and O–H groups in total. The van der Waals surface area contributed by atoms with Gasteiger partial charge in [-0.2, -0.15) is 0 Å². The second kappa shape index (κ2) is 8.57. The average Bonchev–Trinajstić information content (AvgIpc) is 3.12. The summed E-state index contributed by atoms with van der Waals surface area (Å²) < 4.78 is 15.0. The standard InChI is InChI=1S/C21H23ClFN5O2/c1-14-11-26(12-14)6-2-3-20(29)27-7-8-28-18(10-24-19(28)13-27)21(30)25-17-5-4-15(23)9-16(17)22/h2-5,9-10,14H,6-8,11-13H2,1H3,(H,25,30)/b3-2+. The van der Waals surface area contributed by atoms with E-state index in [0.29, 0.717) is 36.8 Å². The zero-order valence-electron chi connectivity index (χ0n) is 16.6. The van der Waals surface area contributed by atoms with Crippen molar-refractivity contribution >= 4 is 29.1 Å². The van der Waals surface area contributed by atoms with Gasteiger partial charge in [0.2, 0.25) is 5.91 Å². The highest BCUT2D eigenvalue weighted by Crippen LogP contribution is 2.24. The number of carbonyl (C=O) groups excluding carboxylic acids is 2. The van der Waals surface area contributed by atoms with Gasteiger partial charge in [-0.3, -0.25) is 14.5 Å². The minimum absolute atomic E-state index is 0.0538. The molecule has 1 aromatic carbocycles. The van der Waals surface area contributed by atoms with Gasteiger partial charge >= 0.3 is 0 Å². The van der Waals surface area contributed by atoms with Crippen LogP contribution in [0.1, 0.15) is 23.2 Å². The van der Waals surface area contributed by atoms with Crippen LogP contribution >= 0.6 is 11.6 Å². The number of rotatable bonds is 5. The highest BCUT2D eigenvalue weighted by Gasteiger charge is 2.25. The number of nitrogens with zero attached hydrogens (tertiary/aromatic N) is 4. The molecular formula is C21H23ClFN5O2. The molecule has 4 rings (SSSR count). The fourth-order valence-electron chi connectivity index (χ4n) is 3.79. The SMILES string of the molecule is CC1CN(C/C=C/C(=O)N2CCn3c(C(=O)Nc4ccc(F)cc4Cl)cnc3C2)C1. The van der Waals surface area contributed by atoms with Gasteiger partial charge in [0.25, 0.3) is 5.91 Å². The van der Waals surface area contributed by atoms with E-state index < -0.39 is 5.82 Å². The molecule has 3 heterocycles. The lowest BCUT2D eigenvalue weighted by Crippen LogP contribution is -2.45. The molecule has 2 aliphatic rings. The summed E-state index contributed by atoms with van der Waals surface area (Å²) in [5.41, 5.74) is 0.702. The van der Waals surface area contributed by atoms with Gasteiger partial charge in [0, 0.05) is 38.8 Å². The lowest BCUT2D eigenvalue weighted by molar-refractivity contribution is -0.127. The molecule has 2 aliphatic heterocycles. The number of hydrogen-bond acceptors (Lipinski definition) is 4. The molecule has 0 radical (unpaired) electrons. The van der Waals surface area contributed by atoms with Crippen molar-refractivity contribution in [1.82, 2.24) is 19.4 Å². The first-order chi connectivity index (χ1) is 14.4. The van der Waals surface area contributed by atoms with Crippen LogP contribution in [0.3, 0.4) is 0 Å². The van der Waals surface area contributed by atoms with E-state index >= 15 is 0 Å².